The van der Waals surface area contributed by atoms with Crippen LogP contribution in [0, 0.1) is 6.92 Å². The van der Waals surface area contributed by atoms with E-state index in [1.807, 2.05) is 19.1 Å². The minimum atomic E-state index is -4.70. The molecule has 8 heteroatoms. The molecule has 3 rings (SSSR count). The van der Waals surface area contributed by atoms with Crippen molar-refractivity contribution in [2.75, 3.05) is 0 Å². The first kappa shape index (κ1) is 16.4. The lowest BCUT2D eigenvalue weighted by molar-refractivity contribution is -0.159. The van der Waals surface area contributed by atoms with E-state index >= 15 is 0 Å². The average Bonchev–Trinajstić information content (AvgIpc) is 3.05. The van der Waals surface area contributed by atoms with Gasteiger partial charge < -0.3 is 4.52 Å². The number of alkyl halides is 3. The first-order chi connectivity index (χ1) is 11.3. The molecule has 1 atom stereocenters. The summed E-state index contributed by atoms with van der Waals surface area (Å²) >= 11 is 0. The van der Waals surface area contributed by atoms with Crippen LogP contribution in [-0.2, 0) is 17.0 Å². The Morgan fingerprint density at radius 2 is 1.75 bits per heavy atom. The fourth-order valence-corrected chi connectivity index (χ4v) is 3.10. The number of aryl methyl sites for hydroxylation is 1. The highest BCUT2D eigenvalue weighted by molar-refractivity contribution is 7.85. The molecule has 4 nitrogen and oxygen atoms in total. The van der Waals surface area contributed by atoms with Gasteiger partial charge in [0.05, 0.1) is 10.8 Å². The zero-order chi connectivity index (χ0) is 17.3. The van der Waals surface area contributed by atoms with Gasteiger partial charge in [0, 0.05) is 15.4 Å². The zero-order valence-electron chi connectivity index (χ0n) is 12.4. The molecule has 1 heterocycles. The Balaban J connectivity index is 1.93. The Labute approximate surface area is 137 Å². The Bertz CT molecular complexity index is 889. The van der Waals surface area contributed by atoms with E-state index in [1.54, 1.807) is 24.3 Å². The summed E-state index contributed by atoms with van der Waals surface area (Å²) in [5.41, 5.74) is 1.34. The van der Waals surface area contributed by atoms with Crippen molar-refractivity contribution < 1.29 is 21.9 Å². The minimum Gasteiger partial charge on any atom is -0.329 e. The Kier molecular flexibility index (Phi) is 4.23. The molecule has 0 radical (unpaired) electrons. The second kappa shape index (κ2) is 6.20. The maximum atomic E-state index is 12.6. The molecule has 0 aliphatic heterocycles. The van der Waals surface area contributed by atoms with Crippen molar-refractivity contribution >= 4 is 10.8 Å². The maximum absolute atomic E-state index is 12.6. The lowest BCUT2D eigenvalue weighted by atomic mass is 10.2. The van der Waals surface area contributed by atoms with Gasteiger partial charge in [0.2, 0.25) is 5.82 Å². The number of hydrogen-bond donors (Lipinski definition) is 0. The van der Waals surface area contributed by atoms with E-state index in [2.05, 4.69) is 14.7 Å². The predicted octanol–water partition coefficient (Wildman–Crippen LogP) is 4.23. The molecule has 124 valence electrons. The lowest BCUT2D eigenvalue weighted by Gasteiger charge is -2.04. The normalized spacial score (nSPS) is 13.0. The molecular weight excluding hydrogens is 341 g/mol. The van der Waals surface area contributed by atoms with Gasteiger partial charge in [-0.1, -0.05) is 35.0 Å². The van der Waals surface area contributed by atoms with Crippen molar-refractivity contribution in [3.05, 3.63) is 60.0 Å². The van der Waals surface area contributed by atoms with Crippen LogP contribution >= 0.6 is 0 Å². The molecule has 2 aromatic carbocycles. The van der Waals surface area contributed by atoms with Crippen molar-refractivity contribution in [3.63, 3.8) is 0 Å². The van der Waals surface area contributed by atoms with Gasteiger partial charge in [0.15, 0.2) is 0 Å². The lowest BCUT2D eigenvalue weighted by Crippen LogP contribution is -2.04. The SMILES string of the molecule is Cc1ccc(S(=O)c2cccc(-c3noc(C(F)(F)F)n3)c2)cc1. The van der Waals surface area contributed by atoms with Crippen molar-refractivity contribution in [3.8, 4) is 11.4 Å². The quantitative estimate of drug-likeness (QED) is 0.708. The fraction of sp³-hybridized carbons (Fsp3) is 0.125. The van der Waals surface area contributed by atoms with E-state index in [1.165, 1.54) is 12.1 Å². The summed E-state index contributed by atoms with van der Waals surface area (Å²) in [5, 5.41) is 3.33. The number of halogens is 3. The highest BCUT2D eigenvalue weighted by Gasteiger charge is 2.38. The Morgan fingerprint density at radius 1 is 1.04 bits per heavy atom. The van der Waals surface area contributed by atoms with Crippen LogP contribution in [0.5, 0.6) is 0 Å². The van der Waals surface area contributed by atoms with Crippen LogP contribution in [-0.4, -0.2) is 14.3 Å². The molecule has 0 fully saturated rings. The van der Waals surface area contributed by atoms with E-state index in [4.69, 9.17) is 0 Å². The van der Waals surface area contributed by atoms with Crippen LogP contribution in [0.2, 0.25) is 0 Å². The van der Waals surface area contributed by atoms with E-state index < -0.39 is 22.9 Å². The van der Waals surface area contributed by atoms with Crippen LogP contribution in [0.25, 0.3) is 11.4 Å². The zero-order valence-corrected chi connectivity index (χ0v) is 13.2. The molecule has 0 saturated carbocycles. The van der Waals surface area contributed by atoms with Gasteiger partial charge in [0.1, 0.15) is 0 Å². The van der Waals surface area contributed by atoms with E-state index in [0.717, 1.165) is 5.56 Å². The second-order valence-electron chi connectivity index (χ2n) is 5.03. The van der Waals surface area contributed by atoms with E-state index in [0.29, 0.717) is 15.4 Å². The highest BCUT2D eigenvalue weighted by atomic mass is 32.2. The van der Waals surface area contributed by atoms with Crippen LogP contribution in [0.15, 0.2) is 62.8 Å². The monoisotopic (exact) mass is 352 g/mol. The van der Waals surface area contributed by atoms with Crippen molar-refractivity contribution in [1.29, 1.82) is 0 Å². The predicted molar refractivity (Wildman–Crippen MR) is 80.6 cm³/mol. The molecule has 0 amide bonds. The number of hydrogen-bond acceptors (Lipinski definition) is 4. The van der Waals surface area contributed by atoms with Gasteiger partial charge in [-0.2, -0.15) is 18.2 Å². The van der Waals surface area contributed by atoms with Gasteiger partial charge in [0.25, 0.3) is 0 Å². The third-order valence-electron chi connectivity index (χ3n) is 3.21. The summed E-state index contributed by atoms with van der Waals surface area (Å²) in [6.45, 7) is 1.92. The third-order valence-corrected chi connectivity index (χ3v) is 4.59. The average molecular weight is 352 g/mol. The Morgan fingerprint density at radius 3 is 2.38 bits per heavy atom. The standard InChI is InChI=1S/C16H11F3N2O2S/c1-10-5-7-12(8-6-10)24(22)13-4-2-3-11(9-13)14-20-15(23-21-14)16(17,18)19/h2-9H,1H3. The molecule has 0 aliphatic carbocycles. The van der Waals surface area contributed by atoms with Gasteiger partial charge in [-0.3, -0.25) is 0 Å². The first-order valence-electron chi connectivity index (χ1n) is 6.84. The minimum absolute atomic E-state index is 0.204. The van der Waals surface area contributed by atoms with E-state index in [-0.39, 0.29) is 5.82 Å². The largest absolute Gasteiger partial charge is 0.471 e. The van der Waals surface area contributed by atoms with Gasteiger partial charge in [-0.25, -0.2) is 4.21 Å². The summed E-state index contributed by atoms with van der Waals surface area (Å²) in [4.78, 5) is 4.37. The van der Waals surface area contributed by atoms with Crippen LogP contribution in [0.4, 0.5) is 13.2 Å². The molecule has 0 saturated heterocycles. The third kappa shape index (κ3) is 3.38. The molecule has 0 aliphatic rings. The molecule has 1 aromatic heterocycles. The molecule has 24 heavy (non-hydrogen) atoms. The molecule has 0 spiro atoms. The molecular formula is C16H11F3N2O2S. The molecule has 3 aromatic rings. The van der Waals surface area contributed by atoms with Gasteiger partial charge >= 0.3 is 12.1 Å². The van der Waals surface area contributed by atoms with Crippen LogP contribution in [0.1, 0.15) is 11.5 Å². The fourth-order valence-electron chi connectivity index (χ4n) is 2.00. The topological polar surface area (TPSA) is 56.0 Å². The van der Waals surface area contributed by atoms with Crippen molar-refractivity contribution in [1.82, 2.24) is 10.1 Å². The van der Waals surface area contributed by atoms with Crippen molar-refractivity contribution in [2.45, 2.75) is 22.9 Å². The number of benzene rings is 2. The van der Waals surface area contributed by atoms with E-state index in [9.17, 15) is 17.4 Å². The molecule has 1 unspecified atom stereocenters. The van der Waals surface area contributed by atoms with Crippen molar-refractivity contribution in [2.24, 2.45) is 0 Å². The van der Waals surface area contributed by atoms with Gasteiger partial charge in [-0.15, -0.1) is 0 Å². The second-order valence-corrected chi connectivity index (χ2v) is 6.51. The van der Waals surface area contributed by atoms with Crippen LogP contribution < -0.4 is 0 Å². The summed E-state index contributed by atoms with van der Waals surface area (Å²) < 4.78 is 54.4. The number of nitrogens with zero attached hydrogens (tertiary/aromatic N) is 2. The smallest absolute Gasteiger partial charge is 0.329 e. The summed E-state index contributed by atoms with van der Waals surface area (Å²) in [6.07, 6.45) is -4.70. The van der Waals surface area contributed by atoms with Crippen LogP contribution in [0.3, 0.4) is 0 Å². The number of rotatable bonds is 3. The molecule has 0 N–H and O–H groups in total. The van der Waals surface area contributed by atoms with Gasteiger partial charge in [-0.05, 0) is 31.2 Å². The molecule has 0 bridgehead atoms. The summed E-state index contributed by atoms with van der Waals surface area (Å²) in [5.74, 6) is -1.62. The summed E-state index contributed by atoms with van der Waals surface area (Å²) in [6, 6.07) is 13.4. The number of aromatic nitrogens is 2. The first-order valence-corrected chi connectivity index (χ1v) is 7.99. The maximum Gasteiger partial charge on any atom is 0.471 e. The summed E-state index contributed by atoms with van der Waals surface area (Å²) in [7, 11) is -1.46. The highest BCUT2D eigenvalue weighted by Crippen LogP contribution is 2.30. The Hall–Kier alpha value is -2.48.